The minimum absolute atomic E-state index is 0.274. The van der Waals surface area contributed by atoms with Crippen molar-refractivity contribution in [2.75, 3.05) is 6.61 Å². The lowest BCUT2D eigenvalue weighted by Crippen LogP contribution is -2.21. The Balaban J connectivity index is 1.78. The fraction of sp³-hybridized carbons (Fsp3) is 0.158. The van der Waals surface area contributed by atoms with E-state index in [-0.39, 0.29) is 16.8 Å². The van der Waals surface area contributed by atoms with Crippen molar-refractivity contribution < 1.29 is 18.7 Å². The average molecular weight is 372 g/mol. The highest BCUT2D eigenvalue weighted by Crippen LogP contribution is 2.30. The zero-order valence-corrected chi connectivity index (χ0v) is 14.9. The summed E-state index contributed by atoms with van der Waals surface area (Å²) >= 11 is 4.91. The smallest absolute Gasteiger partial charge is 0.273 e. The van der Waals surface area contributed by atoms with Crippen molar-refractivity contribution >= 4 is 29.3 Å². The van der Waals surface area contributed by atoms with Crippen LogP contribution < -0.4 is 20.1 Å². The predicted molar refractivity (Wildman–Crippen MR) is 100 cm³/mol. The van der Waals surface area contributed by atoms with E-state index in [2.05, 4.69) is 10.6 Å². The van der Waals surface area contributed by atoms with Crippen molar-refractivity contribution in [3.63, 3.8) is 0 Å². The molecule has 26 heavy (non-hydrogen) atoms. The number of halogens is 1. The molecule has 2 aromatic rings. The van der Waals surface area contributed by atoms with Gasteiger partial charge in [-0.2, -0.15) is 0 Å². The zero-order valence-electron chi connectivity index (χ0n) is 14.0. The number of ether oxygens (including phenoxy) is 2. The van der Waals surface area contributed by atoms with E-state index < -0.39 is 0 Å². The summed E-state index contributed by atoms with van der Waals surface area (Å²) in [4.78, 5) is 11.7. The standard InChI is InChI=1S/C19H17FN2O3S/c1-2-24-17-10-13(9-15-18(23)22-19(26)21-15)5-8-16(17)25-11-12-3-6-14(20)7-4-12/h3-10H,2,11H2,1H3,(H2,21,22,23,26)/b15-9-. The molecule has 0 unspecified atom stereocenters. The van der Waals surface area contributed by atoms with Gasteiger partial charge in [-0.25, -0.2) is 4.39 Å². The molecule has 0 radical (unpaired) electrons. The van der Waals surface area contributed by atoms with Gasteiger partial charge in [0.25, 0.3) is 5.91 Å². The molecule has 2 aromatic carbocycles. The molecule has 134 valence electrons. The summed E-state index contributed by atoms with van der Waals surface area (Å²) in [5.41, 5.74) is 1.99. The van der Waals surface area contributed by atoms with Crippen molar-refractivity contribution in [1.29, 1.82) is 0 Å². The van der Waals surface area contributed by atoms with Crippen LogP contribution in [0.2, 0.25) is 0 Å². The molecule has 3 rings (SSSR count). The molecule has 0 atom stereocenters. The maximum absolute atomic E-state index is 13.0. The fourth-order valence-corrected chi connectivity index (χ4v) is 2.60. The van der Waals surface area contributed by atoms with Crippen LogP contribution in [0.1, 0.15) is 18.1 Å². The van der Waals surface area contributed by atoms with E-state index in [4.69, 9.17) is 21.7 Å². The summed E-state index contributed by atoms with van der Waals surface area (Å²) in [5.74, 6) is 0.567. The van der Waals surface area contributed by atoms with Crippen molar-refractivity contribution in [2.24, 2.45) is 0 Å². The highest BCUT2D eigenvalue weighted by molar-refractivity contribution is 7.80. The van der Waals surface area contributed by atoms with Crippen molar-refractivity contribution in [3.8, 4) is 11.5 Å². The van der Waals surface area contributed by atoms with Gasteiger partial charge in [0.15, 0.2) is 16.6 Å². The monoisotopic (exact) mass is 372 g/mol. The number of benzene rings is 2. The van der Waals surface area contributed by atoms with Crippen molar-refractivity contribution in [2.45, 2.75) is 13.5 Å². The first-order valence-corrected chi connectivity index (χ1v) is 8.44. The molecule has 1 aliphatic rings. The van der Waals surface area contributed by atoms with Gasteiger partial charge in [0.2, 0.25) is 0 Å². The van der Waals surface area contributed by atoms with Gasteiger partial charge in [0, 0.05) is 0 Å². The Kier molecular flexibility index (Phi) is 5.48. The predicted octanol–water partition coefficient (Wildman–Crippen LogP) is 3.15. The molecule has 1 aliphatic heterocycles. The van der Waals surface area contributed by atoms with Crippen LogP contribution in [0.25, 0.3) is 6.08 Å². The Morgan fingerprint density at radius 1 is 1.08 bits per heavy atom. The number of nitrogens with one attached hydrogen (secondary N) is 2. The van der Waals surface area contributed by atoms with E-state index in [0.717, 1.165) is 11.1 Å². The first-order chi connectivity index (χ1) is 12.5. The molecular weight excluding hydrogens is 355 g/mol. The molecule has 1 heterocycles. The van der Waals surface area contributed by atoms with E-state index in [0.29, 0.717) is 30.4 Å². The molecule has 0 spiro atoms. The number of carbonyl (C=O) groups is 1. The summed E-state index contributed by atoms with van der Waals surface area (Å²) < 4.78 is 24.4. The lowest BCUT2D eigenvalue weighted by atomic mass is 10.1. The van der Waals surface area contributed by atoms with Crippen LogP contribution in [-0.2, 0) is 11.4 Å². The molecular formula is C19H17FN2O3S. The number of carbonyl (C=O) groups excluding carboxylic acids is 1. The van der Waals surface area contributed by atoms with Gasteiger partial charge in [-0.1, -0.05) is 18.2 Å². The molecule has 1 amide bonds. The van der Waals surface area contributed by atoms with Gasteiger partial charge < -0.3 is 14.8 Å². The number of thiocarbonyl (C=S) groups is 1. The lowest BCUT2D eigenvalue weighted by molar-refractivity contribution is -0.115. The van der Waals surface area contributed by atoms with Gasteiger partial charge in [-0.15, -0.1) is 0 Å². The summed E-state index contributed by atoms with van der Waals surface area (Å²) in [5, 5.41) is 5.59. The van der Waals surface area contributed by atoms with Gasteiger partial charge in [0.1, 0.15) is 18.1 Å². The SMILES string of the molecule is CCOc1cc(/C=C2\NC(=S)NC2=O)ccc1OCc1ccc(F)cc1. The van der Waals surface area contributed by atoms with Gasteiger partial charge in [-0.05, 0) is 60.6 Å². The van der Waals surface area contributed by atoms with Crippen LogP contribution in [0.15, 0.2) is 48.2 Å². The van der Waals surface area contributed by atoms with Gasteiger partial charge >= 0.3 is 0 Å². The second-order valence-electron chi connectivity index (χ2n) is 5.52. The Labute approximate surface area is 155 Å². The Bertz CT molecular complexity index is 866. The normalized spacial score (nSPS) is 14.9. The van der Waals surface area contributed by atoms with E-state index in [1.165, 1.54) is 12.1 Å². The summed E-state index contributed by atoms with van der Waals surface area (Å²) in [7, 11) is 0. The molecule has 1 fully saturated rings. The van der Waals surface area contributed by atoms with E-state index in [9.17, 15) is 9.18 Å². The van der Waals surface area contributed by atoms with Crippen molar-refractivity contribution in [1.82, 2.24) is 10.6 Å². The number of amides is 1. The minimum atomic E-state index is -0.287. The molecule has 0 saturated carbocycles. The Hall–Kier alpha value is -2.93. The minimum Gasteiger partial charge on any atom is -0.490 e. The Morgan fingerprint density at radius 2 is 1.85 bits per heavy atom. The van der Waals surface area contributed by atoms with Crippen LogP contribution in [0.5, 0.6) is 11.5 Å². The van der Waals surface area contributed by atoms with Crippen LogP contribution in [-0.4, -0.2) is 17.6 Å². The van der Waals surface area contributed by atoms with Crippen LogP contribution in [0.3, 0.4) is 0 Å². The lowest BCUT2D eigenvalue weighted by Gasteiger charge is -2.13. The maximum Gasteiger partial charge on any atom is 0.273 e. The third-order valence-corrected chi connectivity index (χ3v) is 3.81. The van der Waals surface area contributed by atoms with Crippen LogP contribution in [0.4, 0.5) is 4.39 Å². The molecule has 0 aliphatic carbocycles. The summed E-state index contributed by atoms with van der Waals surface area (Å²) in [6.07, 6.45) is 1.68. The Morgan fingerprint density at radius 3 is 2.50 bits per heavy atom. The molecule has 2 N–H and O–H groups in total. The molecule has 5 nitrogen and oxygen atoms in total. The first-order valence-electron chi connectivity index (χ1n) is 8.03. The topological polar surface area (TPSA) is 59.6 Å². The maximum atomic E-state index is 13.0. The second-order valence-corrected chi connectivity index (χ2v) is 5.93. The van der Waals surface area contributed by atoms with E-state index in [1.807, 2.05) is 13.0 Å². The number of hydrogen-bond acceptors (Lipinski definition) is 4. The largest absolute Gasteiger partial charge is 0.490 e. The highest BCUT2D eigenvalue weighted by atomic mass is 32.1. The number of rotatable bonds is 6. The third-order valence-electron chi connectivity index (χ3n) is 3.61. The van der Waals surface area contributed by atoms with Gasteiger partial charge in [-0.3, -0.25) is 10.1 Å². The average Bonchev–Trinajstić information content (AvgIpc) is 2.93. The highest BCUT2D eigenvalue weighted by Gasteiger charge is 2.20. The third kappa shape index (κ3) is 4.37. The second kappa shape index (κ2) is 7.97. The molecule has 0 aromatic heterocycles. The number of hydrogen-bond donors (Lipinski definition) is 2. The van der Waals surface area contributed by atoms with E-state index >= 15 is 0 Å². The van der Waals surface area contributed by atoms with Gasteiger partial charge in [0.05, 0.1) is 6.61 Å². The zero-order chi connectivity index (χ0) is 18.5. The van der Waals surface area contributed by atoms with Crippen molar-refractivity contribution in [3.05, 3.63) is 65.1 Å². The van der Waals surface area contributed by atoms with E-state index in [1.54, 1.807) is 30.3 Å². The van der Waals surface area contributed by atoms with Crippen LogP contribution in [0, 0.1) is 5.82 Å². The van der Waals surface area contributed by atoms with Crippen LogP contribution >= 0.6 is 12.2 Å². The molecule has 1 saturated heterocycles. The fourth-order valence-electron chi connectivity index (χ4n) is 2.39. The first kappa shape index (κ1) is 17.9. The molecule has 0 bridgehead atoms. The quantitative estimate of drug-likeness (QED) is 0.603. The summed E-state index contributed by atoms with van der Waals surface area (Å²) in [6, 6.07) is 11.5. The molecule has 7 heteroatoms. The summed E-state index contributed by atoms with van der Waals surface area (Å²) in [6.45, 7) is 2.63.